The molecule has 1 aliphatic carbocycles. The van der Waals surface area contributed by atoms with Crippen LogP contribution in [0.25, 0.3) is 16.3 Å². The van der Waals surface area contributed by atoms with Crippen molar-refractivity contribution in [2.24, 2.45) is 17.6 Å². The van der Waals surface area contributed by atoms with Crippen molar-refractivity contribution in [3.63, 3.8) is 0 Å². The third-order valence-corrected chi connectivity index (χ3v) is 4.41. The fourth-order valence-electron chi connectivity index (χ4n) is 2.72. The summed E-state index contributed by atoms with van der Waals surface area (Å²) in [6.07, 6.45) is 2.72. The Balaban J connectivity index is 2.00. The van der Waals surface area contributed by atoms with Crippen molar-refractivity contribution in [2.45, 2.75) is 11.9 Å². The SMILES string of the molecule is [B]C([B])(F)/C(N)=C(/C=N)c1cc2cc(NC(=O)[C@H]3CC3C#N)ncc2c(N)n1. The van der Waals surface area contributed by atoms with E-state index in [1.165, 1.54) is 12.3 Å². The summed E-state index contributed by atoms with van der Waals surface area (Å²) < 4.78 is 13.8. The fourth-order valence-corrected chi connectivity index (χ4v) is 2.72. The molecule has 4 radical (unpaired) electrons. The third-order valence-electron chi connectivity index (χ3n) is 4.41. The van der Waals surface area contributed by atoms with Crippen LogP contribution in [0.15, 0.2) is 24.0 Å². The molecule has 6 N–H and O–H groups in total. The third kappa shape index (κ3) is 3.67. The highest BCUT2D eigenvalue weighted by Crippen LogP contribution is 2.38. The molecule has 1 fully saturated rings. The predicted octanol–water partition coefficient (Wildman–Crippen LogP) is 0.590. The Labute approximate surface area is 162 Å². The normalized spacial score (nSPS) is 19.4. The fraction of sp³-hybridized carbons (Fsp3) is 0.235. The second-order valence-corrected chi connectivity index (χ2v) is 6.49. The number of carbonyl (C=O) groups excluding carboxylic acids is 1. The molecule has 0 aromatic carbocycles. The molecular formula is C17H14B2FN7O. The van der Waals surface area contributed by atoms with Crippen molar-refractivity contribution in [2.75, 3.05) is 11.1 Å². The highest BCUT2D eigenvalue weighted by Gasteiger charge is 2.43. The van der Waals surface area contributed by atoms with E-state index in [1.807, 2.05) is 6.07 Å². The van der Waals surface area contributed by atoms with E-state index in [2.05, 4.69) is 15.3 Å². The largest absolute Gasteiger partial charge is 0.400 e. The van der Waals surface area contributed by atoms with E-state index < -0.39 is 11.2 Å². The van der Waals surface area contributed by atoms with Gasteiger partial charge in [0.1, 0.15) is 27.3 Å². The molecule has 1 saturated carbocycles. The van der Waals surface area contributed by atoms with Crippen molar-refractivity contribution >= 4 is 55.8 Å². The number of halogens is 1. The van der Waals surface area contributed by atoms with Crippen molar-refractivity contribution < 1.29 is 9.18 Å². The number of nitrogens with one attached hydrogen (secondary N) is 2. The molecule has 1 amide bonds. The van der Waals surface area contributed by atoms with Crippen LogP contribution in [0.5, 0.6) is 0 Å². The van der Waals surface area contributed by atoms with E-state index in [1.54, 1.807) is 6.07 Å². The standard InChI is InChI=1S/C17H14B2FN7O/c18-17(19,20)14(23)10(5-22)12-2-7-3-13(25-6-11(7)15(24)26-12)27-16(28)9-1-8(9)4-21/h2-3,5-6,8-9,22H,1,23H2,(H2,24,26)(H,25,27,28)/b14-10+,22-5?/t8?,9-/m0/s1. The zero-order chi connectivity index (χ0) is 20.6. The quantitative estimate of drug-likeness (QED) is 0.444. The molecule has 2 aromatic rings. The summed E-state index contributed by atoms with van der Waals surface area (Å²) in [7, 11) is 10.3. The van der Waals surface area contributed by atoms with Crippen molar-refractivity contribution in [3.05, 3.63) is 29.7 Å². The molecule has 2 atom stereocenters. The zero-order valence-electron chi connectivity index (χ0n) is 14.6. The van der Waals surface area contributed by atoms with Gasteiger partial charge in [-0.25, -0.2) is 9.97 Å². The van der Waals surface area contributed by atoms with E-state index in [0.29, 0.717) is 17.2 Å². The van der Waals surface area contributed by atoms with Crippen LogP contribution < -0.4 is 16.8 Å². The molecule has 3 rings (SSSR count). The maximum absolute atomic E-state index is 13.8. The van der Waals surface area contributed by atoms with Gasteiger partial charge in [0.15, 0.2) is 0 Å². The molecule has 0 aliphatic heterocycles. The minimum absolute atomic E-state index is 0.0651. The van der Waals surface area contributed by atoms with Gasteiger partial charge in [0.05, 0.1) is 29.1 Å². The lowest BCUT2D eigenvalue weighted by Crippen LogP contribution is -2.32. The molecule has 2 aromatic heterocycles. The zero-order valence-corrected chi connectivity index (χ0v) is 14.6. The van der Waals surface area contributed by atoms with E-state index >= 15 is 0 Å². The summed E-state index contributed by atoms with van der Waals surface area (Å²) in [5.41, 5.74) is 8.11. The summed E-state index contributed by atoms with van der Waals surface area (Å²) in [6.45, 7) is 0. The van der Waals surface area contributed by atoms with E-state index in [0.717, 1.165) is 6.21 Å². The molecule has 0 spiro atoms. The van der Waals surface area contributed by atoms with Gasteiger partial charge in [-0.2, -0.15) is 5.26 Å². The average Bonchev–Trinajstić information content (AvgIpc) is 3.41. The predicted molar refractivity (Wildman–Crippen MR) is 105 cm³/mol. The van der Waals surface area contributed by atoms with E-state index in [9.17, 15) is 9.18 Å². The Kier molecular flexibility index (Phi) is 4.81. The molecule has 1 aliphatic rings. The number of fused-ring (bicyclic) bond motifs is 1. The van der Waals surface area contributed by atoms with Gasteiger partial charge in [0, 0.05) is 29.1 Å². The Hall–Kier alpha value is -3.41. The van der Waals surface area contributed by atoms with Gasteiger partial charge < -0.3 is 22.2 Å². The van der Waals surface area contributed by atoms with Gasteiger partial charge in [-0.3, -0.25) is 9.18 Å². The smallest absolute Gasteiger partial charge is 0.230 e. The number of amides is 1. The number of carbonyl (C=O) groups is 1. The Morgan fingerprint density at radius 1 is 1.50 bits per heavy atom. The summed E-state index contributed by atoms with van der Waals surface area (Å²) in [4.78, 5) is 20.3. The number of allylic oxidation sites excluding steroid dienone is 2. The lowest BCUT2D eigenvalue weighted by Gasteiger charge is -2.19. The minimum Gasteiger partial charge on any atom is -0.400 e. The lowest BCUT2D eigenvalue weighted by atomic mass is 9.64. The number of nitrogen functional groups attached to an aromatic ring is 1. The van der Waals surface area contributed by atoms with Crippen molar-refractivity contribution in [1.82, 2.24) is 9.97 Å². The minimum atomic E-state index is -2.84. The van der Waals surface area contributed by atoms with Crippen LogP contribution in [0.1, 0.15) is 12.1 Å². The molecular weight excluding hydrogens is 359 g/mol. The molecule has 8 nitrogen and oxygen atoms in total. The molecule has 1 unspecified atom stereocenters. The maximum Gasteiger partial charge on any atom is 0.230 e. The highest BCUT2D eigenvalue weighted by molar-refractivity contribution is 6.42. The summed E-state index contributed by atoms with van der Waals surface area (Å²) >= 11 is 0. The maximum atomic E-state index is 13.8. The molecule has 11 heteroatoms. The molecule has 0 bridgehead atoms. The number of hydrogen-bond acceptors (Lipinski definition) is 7. The number of anilines is 2. The average molecular weight is 373 g/mol. The van der Waals surface area contributed by atoms with Gasteiger partial charge >= 0.3 is 0 Å². The second kappa shape index (κ2) is 6.96. The van der Waals surface area contributed by atoms with Crippen molar-refractivity contribution in [3.8, 4) is 6.07 Å². The van der Waals surface area contributed by atoms with E-state index in [-0.39, 0.29) is 40.6 Å². The van der Waals surface area contributed by atoms with Crippen LogP contribution in [0.4, 0.5) is 16.0 Å². The van der Waals surface area contributed by atoms with E-state index in [4.69, 9.17) is 37.8 Å². The Bertz CT molecular complexity index is 1060. The first-order chi connectivity index (χ1) is 13.2. The number of pyridine rings is 2. The Morgan fingerprint density at radius 2 is 2.21 bits per heavy atom. The van der Waals surface area contributed by atoms with Crippen LogP contribution in [0.3, 0.4) is 0 Å². The number of nitrogens with two attached hydrogens (primary N) is 2. The summed E-state index contributed by atoms with van der Waals surface area (Å²) in [5.74, 6) is -0.597. The van der Waals surface area contributed by atoms with Crippen LogP contribution in [0, 0.1) is 28.6 Å². The number of rotatable bonds is 5. The lowest BCUT2D eigenvalue weighted by molar-refractivity contribution is -0.117. The summed E-state index contributed by atoms with van der Waals surface area (Å²) in [5, 5.41) is 20.0. The first kappa shape index (κ1) is 19.4. The molecule has 136 valence electrons. The monoisotopic (exact) mass is 373 g/mol. The van der Waals surface area contributed by atoms with Crippen LogP contribution >= 0.6 is 0 Å². The number of alkyl halides is 1. The van der Waals surface area contributed by atoms with Gasteiger partial charge in [0.2, 0.25) is 5.91 Å². The second-order valence-electron chi connectivity index (χ2n) is 6.49. The number of aromatic nitrogens is 2. The number of hydrogen-bond donors (Lipinski definition) is 4. The van der Waals surface area contributed by atoms with Gasteiger partial charge in [-0.05, 0) is 23.9 Å². The van der Waals surface area contributed by atoms with Gasteiger partial charge in [-0.15, -0.1) is 0 Å². The van der Waals surface area contributed by atoms with Crippen LogP contribution in [-0.4, -0.2) is 43.2 Å². The summed E-state index contributed by atoms with van der Waals surface area (Å²) in [6, 6.07) is 5.09. The highest BCUT2D eigenvalue weighted by atomic mass is 19.1. The first-order valence-corrected chi connectivity index (χ1v) is 8.20. The number of nitrogens with zero attached hydrogens (tertiary/aromatic N) is 3. The molecule has 2 heterocycles. The van der Waals surface area contributed by atoms with Gasteiger partial charge in [0.25, 0.3) is 0 Å². The first-order valence-electron chi connectivity index (χ1n) is 8.20. The molecule has 0 saturated heterocycles. The number of nitriles is 1. The van der Waals surface area contributed by atoms with Crippen LogP contribution in [-0.2, 0) is 4.79 Å². The molecule has 28 heavy (non-hydrogen) atoms. The van der Waals surface area contributed by atoms with Crippen molar-refractivity contribution in [1.29, 1.82) is 10.7 Å². The van der Waals surface area contributed by atoms with Gasteiger partial charge in [-0.1, -0.05) is 0 Å². The topological polar surface area (TPSA) is 155 Å². The van der Waals surface area contributed by atoms with Crippen LogP contribution in [0.2, 0.25) is 0 Å². The Morgan fingerprint density at radius 3 is 2.79 bits per heavy atom.